The van der Waals surface area contributed by atoms with Crippen molar-refractivity contribution in [3.8, 4) is 0 Å². The summed E-state index contributed by atoms with van der Waals surface area (Å²) in [7, 11) is 0. The van der Waals surface area contributed by atoms with Crippen molar-refractivity contribution >= 4 is 0 Å². The molecule has 0 rings (SSSR count). The molecule has 0 aliphatic heterocycles. The molecule has 0 heterocycles. The molecule has 0 radical (unpaired) electrons. The van der Waals surface area contributed by atoms with Gasteiger partial charge in [-0.2, -0.15) is 0 Å². The van der Waals surface area contributed by atoms with Crippen molar-refractivity contribution < 1.29 is 4.92 Å². The minimum atomic E-state index is -0.739. The zero-order valence-electron chi connectivity index (χ0n) is 9.17. The van der Waals surface area contributed by atoms with E-state index in [4.69, 9.17) is 0 Å². The van der Waals surface area contributed by atoms with Gasteiger partial charge in [0.15, 0.2) is 0 Å². The van der Waals surface area contributed by atoms with E-state index in [9.17, 15) is 10.1 Å². The molecule has 0 spiro atoms. The lowest BCUT2D eigenvalue weighted by atomic mass is 9.96. The maximum atomic E-state index is 10.6. The molecule has 0 aromatic carbocycles. The van der Waals surface area contributed by atoms with E-state index in [0.29, 0.717) is 12.3 Å². The van der Waals surface area contributed by atoms with Gasteiger partial charge in [0.25, 0.3) is 0 Å². The van der Waals surface area contributed by atoms with Crippen LogP contribution in [0, 0.1) is 16.0 Å². The molecule has 0 aliphatic rings. The third-order valence-corrected chi connectivity index (χ3v) is 2.31. The fourth-order valence-electron chi connectivity index (χ4n) is 1.20. The van der Waals surface area contributed by atoms with E-state index in [2.05, 4.69) is 13.8 Å². The summed E-state index contributed by atoms with van der Waals surface area (Å²) < 4.78 is 0. The minimum absolute atomic E-state index is 0.178. The van der Waals surface area contributed by atoms with Gasteiger partial charge in [0.2, 0.25) is 5.54 Å². The first-order chi connectivity index (χ1) is 5.86. The van der Waals surface area contributed by atoms with Gasteiger partial charge in [0.1, 0.15) is 0 Å². The van der Waals surface area contributed by atoms with E-state index < -0.39 is 5.54 Å². The van der Waals surface area contributed by atoms with Crippen LogP contribution in [0.4, 0.5) is 0 Å². The molecule has 0 amide bonds. The second-order valence-corrected chi connectivity index (χ2v) is 4.71. The SMILES string of the molecule is CC(C)CCCCC(C)(C)[N+](=O)[O-]. The molecule has 3 nitrogen and oxygen atoms in total. The van der Waals surface area contributed by atoms with Crippen molar-refractivity contribution in [2.24, 2.45) is 5.92 Å². The van der Waals surface area contributed by atoms with Gasteiger partial charge in [-0.05, 0) is 12.3 Å². The van der Waals surface area contributed by atoms with Crippen molar-refractivity contribution in [1.82, 2.24) is 0 Å². The van der Waals surface area contributed by atoms with Gasteiger partial charge in [-0.15, -0.1) is 0 Å². The van der Waals surface area contributed by atoms with E-state index in [1.165, 1.54) is 6.42 Å². The molecule has 0 unspecified atom stereocenters. The van der Waals surface area contributed by atoms with Gasteiger partial charge in [-0.1, -0.05) is 26.7 Å². The highest BCUT2D eigenvalue weighted by molar-refractivity contribution is 4.66. The maximum absolute atomic E-state index is 10.6. The van der Waals surface area contributed by atoms with Gasteiger partial charge in [0, 0.05) is 25.2 Å². The molecule has 0 N–H and O–H groups in total. The van der Waals surface area contributed by atoms with Crippen LogP contribution in [0.25, 0.3) is 0 Å². The molecule has 3 heteroatoms. The third kappa shape index (κ3) is 5.61. The zero-order chi connectivity index (χ0) is 10.5. The summed E-state index contributed by atoms with van der Waals surface area (Å²) in [4.78, 5) is 10.4. The van der Waals surface area contributed by atoms with Crippen LogP contribution < -0.4 is 0 Å². The molecular formula is C10H21NO2. The second kappa shape index (κ2) is 5.20. The average molecular weight is 187 g/mol. The predicted molar refractivity (Wildman–Crippen MR) is 54.4 cm³/mol. The van der Waals surface area contributed by atoms with E-state index >= 15 is 0 Å². The number of nitrogens with zero attached hydrogens (tertiary/aromatic N) is 1. The highest BCUT2D eigenvalue weighted by Crippen LogP contribution is 2.18. The molecule has 0 aliphatic carbocycles. The number of hydrogen-bond donors (Lipinski definition) is 0. The number of unbranched alkanes of at least 4 members (excludes halogenated alkanes) is 1. The lowest BCUT2D eigenvalue weighted by Gasteiger charge is -2.15. The molecule has 78 valence electrons. The average Bonchev–Trinajstić information content (AvgIpc) is 1.97. The Morgan fingerprint density at radius 1 is 1.31 bits per heavy atom. The quantitative estimate of drug-likeness (QED) is 0.364. The first-order valence-corrected chi connectivity index (χ1v) is 5.01. The van der Waals surface area contributed by atoms with Crippen LogP contribution in [0.2, 0.25) is 0 Å². The summed E-state index contributed by atoms with van der Waals surface area (Å²) in [6, 6.07) is 0. The Kier molecular flexibility index (Phi) is 4.96. The first-order valence-electron chi connectivity index (χ1n) is 5.01. The normalized spacial score (nSPS) is 12.1. The Labute approximate surface area is 80.7 Å². The molecule has 0 saturated heterocycles. The largest absolute Gasteiger partial charge is 0.264 e. The fraction of sp³-hybridized carbons (Fsp3) is 1.00. The Hall–Kier alpha value is -0.600. The summed E-state index contributed by atoms with van der Waals surface area (Å²) in [6.07, 6.45) is 3.93. The molecule has 0 aromatic heterocycles. The highest BCUT2D eigenvalue weighted by atomic mass is 16.6. The Morgan fingerprint density at radius 2 is 1.85 bits per heavy atom. The summed E-state index contributed by atoms with van der Waals surface area (Å²) in [5, 5.41) is 10.6. The van der Waals surface area contributed by atoms with Crippen molar-refractivity contribution in [3.63, 3.8) is 0 Å². The van der Waals surface area contributed by atoms with Crippen molar-refractivity contribution in [2.45, 2.75) is 58.9 Å². The van der Waals surface area contributed by atoms with Crippen LogP contribution in [0.5, 0.6) is 0 Å². The van der Waals surface area contributed by atoms with Crippen molar-refractivity contribution in [3.05, 3.63) is 10.1 Å². The fourth-order valence-corrected chi connectivity index (χ4v) is 1.20. The molecular weight excluding hydrogens is 166 g/mol. The summed E-state index contributed by atoms with van der Waals surface area (Å²) >= 11 is 0. The molecule has 0 aromatic rings. The van der Waals surface area contributed by atoms with E-state index in [1.807, 2.05) is 0 Å². The van der Waals surface area contributed by atoms with E-state index in [0.717, 1.165) is 12.8 Å². The minimum Gasteiger partial charge on any atom is -0.264 e. The molecule has 0 fully saturated rings. The van der Waals surface area contributed by atoms with Gasteiger partial charge in [0.05, 0.1) is 0 Å². The standard InChI is InChI=1S/C10H21NO2/c1-9(2)7-5-6-8-10(3,4)11(12)13/h9H,5-8H2,1-4H3. The lowest BCUT2D eigenvalue weighted by molar-refractivity contribution is -0.561. The molecule has 0 bridgehead atoms. The van der Waals surface area contributed by atoms with Gasteiger partial charge in [-0.25, -0.2) is 0 Å². The lowest BCUT2D eigenvalue weighted by Crippen LogP contribution is -2.30. The second-order valence-electron chi connectivity index (χ2n) is 4.71. The van der Waals surface area contributed by atoms with Crippen LogP contribution in [0.1, 0.15) is 53.4 Å². The summed E-state index contributed by atoms with van der Waals surface area (Å²) in [6.45, 7) is 7.75. The van der Waals surface area contributed by atoms with Crippen LogP contribution in [0.15, 0.2) is 0 Å². The van der Waals surface area contributed by atoms with E-state index in [-0.39, 0.29) is 4.92 Å². The maximum Gasteiger partial charge on any atom is 0.216 e. The van der Waals surface area contributed by atoms with E-state index in [1.54, 1.807) is 13.8 Å². The van der Waals surface area contributed by atoms with Crippen molar-refractivity contribution in [2.75, 3.05) is 0 Å². The van der Waals surface area contributed by atoms with Crippen LogP contribution in [-0.4, -0.2) is 10.5 Å². The third-order valence-electron chi connectivity index (χ3n) is 2.31. The van der Waals surface area contributed by atoms with Gasteiger partial charge >= 0.3 is 0 Å². The monoisotopic (exact) mass is 187 g/mol. The Balaban J connectivity index is 3.58. The molecule has 0 atom stereocenters. The number of nitro groups is 1. The van der Waals surface area contributed by atoms with Crippen LogP contribution >= 0.6 is 0 Å². The predicted octanol–water partition coefficient (Wildman–Crippen LogP) is 3.26. The van der Waals surface area contributed by atoms with Crippen molar-refractivity contribution in [1.29, 1.82) is 0 Å². The summed E-state index contributed by atoms with van der Waals surface area (Å²) in [5.74, 6) is 0.707. The van der Waals surface area contributed by atoms with Gasteiger partial charge < -0.3 is 0 Å². The topological polar surface area (TPSA) is 43.1 Å². The molecule has 13 heavy (non-hydrogen) atoms. The van der Waals surface area contributed by atoms with Crippen LogP contribution in [0.3, 0.4) is 0 Å². The molecule has 0 saturated carbocycles. The Bertz CT molecular complexity index is 164. The number of hydrogen-bond acceptors (Lipinski definition) is 2. The van der Waals surface area contributed by atoms with Gasteiger partial charge in [-0.3, -0.25) is 10.1 Å². The first kappa shape index (κ1) is 12.4. The summed E-state index contributed by atoms with van der Waals surface area (Å²) in [5.41, 5.74) is -0.739. The number of rotatable bonds is 6. The Morgan fingerprint density at radius 3 is 2.23 bits per heavy atom. The highest BCUT2D eigenvalue weighted by Gasteiger charge is 2.29. The smallest absolute Gasteiger partial charge is 0.216 e. The van der Waals surface area contributed by atoms with Crippen LogP contribution in [-0.2, 0) is 0 Å². The zero-order valence-corrected chi connectivity index (χ0v) is 9.17.